The number of hydrogen-bond acceptors (Lipinski definition) is 4. The zero-order chi connectivity index (χ0) is 13.5. The molecule has 104 valence electrons. The number of likely N-dealkylation sites (tertiary alicyclic amines) is 1. The number of hydrogen-bond donors (Lipinski definition) is 2. The van der Waals surface area contributed by atoms with Crippen LogP contribution in [0.5, 0.6) is 0 Å². The second-order valence-corrected chi connectivity index (χ2v) is 4.85. The van der Waals surface area contributed by atoms with Gasteiger partial charge in [-0.05, 0) is 19.3 Å². The molecule has 0 saturated carbocycles. The molecule has 0 aromatic carbocycles. The normalized spacial score (nSPS) is 20.3. The van der Waals surface area contributed by atoms with Gasteiger partial charge >= 0.3 is 0 Å². The topological polar surface area (TPSA) is 69.8 Å². The Hall–Kier alpha value is -1.07. The molecule has 18 heavy (non-hydrogen) atoms. The van der Waals surface area contributed by atoms with Crippen molar-refractivity contribution >= 4 is 5.91 Å². The number of nitrogens with zero attached hydrogens (tertiary/aromatic N) is 2. The van der Waals surface area contributed by atoms with Crippen molar-refractivity contribution < 1.29 is 9.90 Å². The molecule has 0 spiro atoms. The minimum absolute atomic E-state index is 0.0164. The summed E-state index contributed by atoms with van der Waals surface area (Å²) in [6.07, 6.45) is 5.22. The van der Waals surface area contributed by atoms with Gasteiger partial charge in [0.05, 0.1) is 6.10 Å². The van der Waals surface area contributed by atoms with Gasteiger partial charge in [-0.3, -0.25) is 4.79 Å². The van der Waals surface area contributed by atoms with Crippen molar-refractivity contribution in [1.82, 2.24) is 9.91 Å². The number of β-amino-alcohol motifs (C(OH)–C–C–N with tert-alkyl or cyclic N) is 1. The van der Waals surface area contributed by atoms with Crippen molar-refractivity contribution in [3.05, 3.63) is 11.8 Å². The molecule has 1 aliphatic rings. The molecule has 1 heterocycles. The first-order chi connectivity index (χ1) is 8.56. The van der Waals surface area contributed by atoms with Crippen LogP contribution in [0.15, 0.2) is 11.8 Å². The Balaban J connectivity index is 2.43. The Morgan fingerprint density at radius 3 is 2.78 bits per heavy atom. The molecule has 1 rings (SSSR count). The second kappa shape index (κ2) is 7.38. The van der Waals surface area contributed by atoms with Gasteiger partial charge in [-0.25, -0.2) is 5.84 Å². The summed E-state index contributed by atoms with van der Waals surface area (Å²) < 4.78 is 0. The lowest BCUT2D eigenvalue weighted by Gasteiger charge is -2.20. The fourth-order valence-electron chi connectivity index (χ4n) is 2.16. The van der Waals surface area contributed by atoms with Gasteiger partial charge < -0.3 is 15.0 Å². The van der Waals surface area contributed by atoms with Crippen LogP contribution in [0.4, 0.5) is 0 Å². The largest absolute Gasteiger partial charge is 0.391 e. The lowest BCUT2D eigenvalue weighted by Crippen LogP contribution is -2.40. The molecule has 0 aromatic rings. The van der Waals surface area contributed by atoms with E-state index in [2.05, 4.69) is 13.8 Å². The van der Waals surface area contributed by atoms with Crippen molar-refractivity contribution in [2.24, 2.45) is 5.84 Å². The highest BCUT2D eigenvalue weighted by Crippen LogP contribution is 2.11. The molecule has 0 bridgehead atoms. The van der Waals surface area contributed by atoms with Crippen molar-refractivity contribution in [2.75, 3.05) is 19.6 Å². The third-order valence-electron chi connectivity index (χ3n) is 3.21. The number of aliphatic hydroxyl groups is 1. The molecule has 1 saturated heterocycles. The molecule has 3 N–H and O–H groups in total. The highest BCUT2D eigenvalue weighted by Gasteiger charge is 2.24. The average Bonchev–Trinajstić information content (AvgIpc) is 2.75. The molecular weight excluding hydrogens is 230 g/mol. The number of aliphatic hydroxyl groups excluding tert-OH is 1. The van der Waals surface area contributed by atoms with Gasteiger partial charge in [-0.1, -0.05) is 25.8 Å². The van der Waals surface area contributed by atoms with Gasteiger partial charge in [0, 0.05) is 19.3 Å². The van der Waals surface area contributed by atoms with Crippen LogP contribution in [0, 0.1) is 0 Å². The van der Waals surface area contributed by atoms with E-state index in [-0.39, 0.29) is 18.6 Å². The quantitative estimate of drug-likeness (QED) is 0.545. The maximum Gasteiger partial charge on any atom is 0.243 e. The number of hydrazine groups is 1. The average molecular weight is 255 g/mol. The fraction of sp³-hybridized carbons (Fsp3) is 0.769. The van der Waals surface area contributed by atoms with Gasteiger partial charge in [0.15, 0.2) is 0 Å². The lowest BCUT2D eigenvalue weighted by atomic mass is 10.1. The fourth-order valence-corrected chi connectivity index (χ4v) is 2.16. The van der Waals surface area contributed by atoms with Crippen molar-refractivity contribution in [2.45, 2.75) is 45.6 Å². The van der Waals surface area contributed by atoms with Crippen LogP contribution in [-0.4, -0.2) is 46.7 Å². The minimum atomic E-state index is -0.373. The van der Waals surface area contributed by atoms with Gasteiger partial charge in [-0.15, -0.1) is 0 Å². The lowest BCUT2D eigenvalue weighted by molar-refractivity contribution is -0.131. The Morgan fingerprint density at radius 2 is 2.28 bits per heavy atom. The standard InChI is InChI=1S/C13H25N3O2/c1-3-5-11(4-2)8-16(14)10-13(18)15-7-6-12(17)9-15/h8,12,17H,3-7,9-10,14H2,1-2H3/b11-8-. The van der Waals surface area contributed by atoms with E-state index in [9.17, 15) is 9.90 Å². The molecule has 1 aliphatic heterocycles. The van der Waals surface area contributed by atoms with E-state index >= 15 is 0 Å². The van der Waals surface area contributed by atoms with Gasteiger partial charge in [0.25, 0.3) is 0 Å². The first-order valence-electron chi connectivity index (χ1n) is 6.73. The van der Waals surface area contributed by atoms with Crippen LogP contribution in [0.3, 0.4) is 0 Å². The number of nitrogens with two attached hydrogens (primary N) is 1. The smallest absolute Gasteiger partial charge is 0.243 e. The number of rotatable bonds is 6. The zero-order valence-electron chi connectivity index (χ0n) is 11.4. The monoisotopic (exact) mass is 255 g/mol. The van der Waals surface area contributed by atoms with Crippen LogP contribution in [0.2, 0.25) is 0 Å². The maximum absolute atomic E-state index is 11.9. The molecule has 0 aliphatic carbocycles. The first kappa shape index (κ1) is 15.0. The summed E-state index contributed by atoms with van der Waals surface area (Å²) in [7, 11) is 0. The summed E-state index contributed by atoms with van der Waals surface area (Å²) in [4.78, 5) is 13.6. The van der Waals surface area contributed by atoms with Crippen molar-refractivity contribution in [3.8, 4) is 0 Å². The van der Waals surface area contributed by atoms with E-state index in [4.69, 9.17) is 5.84 Å². The van der Waals surface area contributed by atoms with Crippen LogP contribution in [0.25, 0.3) is 0 Å². The van der Waals surface area contributed by atoms with E-state index < -0.39 is 0 Å². The molecule has 1 fully saturated rings. The number of allylic oxidation sites excluding steroid dienone is 1. The third-order valence-corrected chi connectivity index (χ3v) is 3.21. The van der Waals surface area contributed by atoms with Gasteiger partial charge in [0.1, 0.15) is 6.54 Å². The van der Waals surface area contributed by atoms with Crippen LogP contribution in [-0.2, 0) is 4.79 Å². The highest BCUT2D eigenvalue weighted by molar-refractivity contribution is 5.78. The first-order valence-corrected chi connectivity index (χ1v) is 6.73. The summed E-state index contributed by atoms with van der Waals surface area (Å²) in [6, 6.07) is 0. The van der Waals surface area contributed by atoms with E-state index in [1.165, 1.54) is 10.6 Å². The van der Waals surface area contributed by atoms with Crippen molar-refractivity contribution in [1.29, 1.82) is 0 Å². The summed E-state index contributed by atoms with van der Waals surface area (Å²) in [6.45, 7) is 5.47. The van der Waals surface area contributed by atoms with Crippen LogP contribution in [0.1, 0.15) is 39.5 Å². The highest BCUT2D eigenvalue weighted by atomic mass is 16.3. The number of carbonyl (C=O) groups excluding carboxylic acids is 1. The van der Waals surface area contributed by atoms with Gasteiger partial charge in [-0.2, -0.15) is 0 Å². The molecule has 5 heteroatoms. The summed E-state index contributed by atoms with van der Waals surface area (Å²) in [5.74, 6) is 5.81. The Morgan fingerprint density at radius 1 is 1.56 bits per heavy atom. The second-order valence-electron chi connectivity index (χ2n) is 4.85. The third kappa shape index (κ3) is 4.66. The molecule has 5 nitrogen and oxygen atoms in total. The van der Waals surface area contributed by atoms with E-state index in [0.29, 0.717) is 19.5 Å². The van der Waals surface area contributed by atoms with Crippen molar-refractivity contribution in [3.63, 3.8) is 0 Å². The van der Waals surface area contributed by atoms with E-state index in [1.807, 2.05) is 6.20 Å². The molecule has 1 amide bonds. The van der Waals surface area contributed by atoms with Gasteiger partial charge in [0.2, 0.25) is 5.91 Å². The molecule has 1 atom stereocenters. The predicted molar refractivity (Wildman–Crippen MR) is 71.4 cm³/mol. The van der Waals surface area contributed by atoms with E-state index in [0.717, 1.165) is 19.3 Å². The SMILES string of the molecule is CCC/C(=C\N(N)CC(=O)N1CCC(O)C1)CC. The number of amides is 1. The Bertz CT molecular complexity index is 305. The summed E-state index contributed by atoms with van der Waals surface area (Å²) in [5, 5.41) is 10.8. The molecule has 0 radical (unpaired) electrons. The number of carbonyl (C=O) groups is 1. The van der Waals surface area contributed by atoms with E-state index in [1.54, 1.807) is 4.90 Å². The van der Waals surface area contributed by atoms with Crippen LogP contribution < -0.4 is 5.84 Å². The Kier molecular flexibility index (Phi) is 6.15. The summed E-state index contributed by atoms with van der Waals surface area (Å²) in [5.41, 5.74) is 1.26. The molecule has 0 aromatic heterocycles. The molecule has 1 unspecified atom stereocenters. The summed E-state index contributed by atoms with van der Waals surface area (Å²) >= 11 is 0. The van der Waals surface area contributed by atoms with Crippen LogP contribution >= 0.6 is 0 Å². The minimum Gasteiger partial charge on any atom is -0.391 e. The Labute approximate surface area is 109 Å². The molecular formula is C13H25N3O2. The predicted octanol–water partition coefficient (Wildman–Crippen LogP) is 0.849. The zero-order valence-corrected chi connectivity index (χ0v) is 11.4. The maximum atomic E-state index is 11.9.